The Morgan fingerprint density at radius 2 is 2.29 bits per heavy atom. The van der Waals surface area contributed by atoms with Crippen LogP contribution in [0.4, 0.5) is 9.18 Å². The third-order valence-electron chi connectivity index (χ3n) is 3.76. The second-order valence-corrected chi connectivity index (χ2v) is 6.08. The molecule has 0 aromatic heterocycles. The molecule has 0 radical (unpaired) electrons. The van der Waals surface area contributed by atoms with Crippen molar-refractivity contribution in [3.63, 3.8) is 0 Å². The first kappa shape index (κ1) is 18.4. The Kier molecular flexibility index (Phi) is 7.21. The number of carbonyl (C=O) groups is 1. The van der Waals surface area contributed by atoms with E-state index in [0.29, 0.717) is 31.8 Å². The first-order valence-corrected chi connectivity index (χ1v) is 8.16. The van der Waals surface area contributed by atoms with Gasteiger partial charge in [-0.25, -0.2) is 9.18 Å². The number of allylic oxidation sites excluding steroid dienone is 1. The maximum absolute atomic E-state index is 13.1. The number of rotatable bonds is 6. The van der Waals surface area contributed by atoms with Crippen LogP contribution < -0.4 is 10.6 Å². The van der Waals surface area contributed by atoms with E-state index in [1.165, 1.54) is 17.7 Å². The van der Waals surface area contributed by atoms with Crippen LogP contribution in [0.15, 0.2) is 35.9 Å². The third-order valence-corrected chi connectivity index (χ3v) is 3.76. The fraction of sp³-hybridized carbons (Fsp3) is 0.500. The second kappa shape index (κ2) is 9.39. The van der Waals surface area contributed by atoms with Gasteiger partial charge in [0.2, 0.25) is 0 Å². The Labute approximate surface area is 142 Å². The number of hydrogen-bond donors (Lipinski definition) is 2. The predicted octanol–water partition coefficient (Wildman–Crippen LogP) is 2.77. The summed E-state index contributed by atoms with van der Waals surface area (Å²) in [7, 11) is 0. The molecular formula is C18H25FN2O3. The Balaban J connectivity index is 1.80. The molecule has 1 heterocycles. The van der Waals surface area contributed by atoms with E-state index in [4.69, 9.17) is 9.47 Å². The second-order valence-electron chi connectivity index (χ2n) is 6.08. The standard InChI is InChI=1S/C18H25FN2O3/c1-13(2)6-9-24-17-12-23-8-7-16(17)21-18(22)20-11-14-4-3-5-15(19)10-14/h3-6,10,16-17H,7-9,11-12H2,1-2H3,(H2,20,21,22)/t16-,17-/m1/s1. The van der Waals surface area contributed by atoms with E-state index in [1.807, 2.05) is 19.9 Å². The monoisotopic (exact) mass is 336 g/mol. The van der Waals surface area contributed by atoms with Gasteiger partial charge in [-0.1, -0.05) is 23.8 Å². The van der Waals surface area contributed by atoms with Gasteiger partial charge in [0.05, 0.1) is 19.3 Å². The van der Waals surface area contributed by atoms with Crippen molar-refractivity contribution in [3.8, 4) is 0 Å². The molecule has 1 aliphatic rings. The van der Waals surface area contributed by atoms with Crippen molar-refractivity contribution in [1.82, 2.24) is 10.6 Å². The number of carbonyl (C=O) groups excluding carboxylic acids is 1. The zero-order valence-corrected chi connectivity index (χ0v) is 14.2. The average molecular weight is 336 g/mol. The summed E-state index contributed by atoms with van der Waals surface area (Å²) in [6.45, 7) is 5.85. The Hall–Kier alpha value is -1.92. The zero-order chi connectivity index (χ0) is 17.4. The van der Waals surface area contributed by atoms with Crippen LogP contribution in [0.3, 0.4) is 0 Å². The number of benzene rings is 1. The molecular weight excluding hydrogens is 311 g/mol. The van der Waals surface area contributed by atoms with Crippen LogP contribution in [-0.2, 0) is 16.0 Å². The summed E-state index contributed by atoms with van der Waals surface area (Å²) in [5, 5.41) is 5.67. The minimum absolute atomic E-state index is 0.100. The first-order chi connectivity index (χ1) is 11.5. The molecule has 1 aliphatic heterocycles. The van der Waals surface area contributed by atoms with Gasteiger partial charge in [-0.05, 0) is 38.0 Å². The molecule has 1 aromatic carbocycles. The highest BCUT2D eigenvalue weighted by molar-refractivity contribution is 5.74. The quantitative estimate of drug-likeness (QED) is 0.786. The van der Waals surface area contributed by atoms with E-state index in [2.05, 4.69) is 10.6 Å². The fourth-order valence-corrected chi connectivity index (χ4v) is 2.43. The van der Waals surface area contributed by atoms with Crippen LogP contribution in [0.25, 0.3) is 0 Å². The molecule has 0 unspecified atom stereocenters. The average Bonchev–Trinajstić information content (AvgIpc) is 2.54. The van der Waals surface area contributed by atoms with Crippen LogP contribution in [0.5, 0.6) is 0 Å². The van der Waals surface area contributed by atoms with Crippen LogP contribution in [-0.4, -0.2) is 38.0 Å². The lowest BCUT2D eigenvalue weighted by atomic mass is 10.1. The molecule has 0 bridgehead atoms. The van der Waals surface area contributed by atoms with E-state index < -0.39 is 0 Å². The predicted molar refractivity (Wildman–Crippen MR) is 90.2 cm³/mol. The molecule has 1 saturated heterocycles. The number of urea groups is 1. The fourth-order valence-electron chi connectivity index (χ4n) is 2.43. The van der Waals surface area contributed by atoms with Gasteiger partial charge >= 0.3 is 6.03 Å². The van der Waals surface area contributed by atoms with E-state index >= 15 is 0 Å². The maximum atomic E-state index is 13.1. The molecule has 6 heteroatoms. The van der Waals surface area contributed by atoms with Crippen molar-refractivity contribution in [2.24, 2.45) is 0 Å². The maximum Gasteiger partial charge on any atom is 0.315 e. The normalized spacial score (nSPS) is 20.3. The minimum Gasteiger partial charge on any atom is -0.379 e. The van der Waals surface area contributed by atoms with Crippen molar-refractivity contribution in [1.29, 1.82) is 0 Å². The largest absolute Gasteiger partial charge is 0.379 e. The van der Waals surface area contributed by atoms with E-state index in [-0.39, 0.29) is 30.5 Å². The molecule has 2 amide bonds. The number of amides is 2. The summed E-state index contributed by atoms with van der Waals surface area (Å²) in [6, 6.07) is 5.78. The van der Waals surface area contributed by atoms with Gasteiger partial charge in [-0.3, -0.25) is 0 Å². The highest BCUT2D eigenvalue weighted by Crippen LogP contribution is 2.12. The molecule has 0 spiro atoms. The molecule has 5 nitrogen and oxygen atoms in total. The van der Waals surface area contributed by atoms with Crippen molar-refractivity contribution >= 4 is 6.03 Å². The van der Waals surface area contributed by atoms with Crippen molar-refractivity contribution in [2.45, 2.75) is 39.0 Å². The summed E-state index contributed by atoms with van der Waals surface area (Å²) in [6.07, 6.45) is 2.53. The van der Waals surface area contributed by atoms with E-state index in [9.17, 15) is 9.18 Å². The molecule has 2 rings (SSSR count). The van der Waals surface area contributed by atoms with Gasteiger partial charge in [0, 0.05) is 13.2 Å². The Bertz CT molecular complexity index is 573. The van der Waals surface area contributed by atoms with E-state index in [0.717, 1.165) is 0 Å². The lowest BCUT2D eigenvalue weighted by molar-refractivity contribution is -0.0581. The molecule has 2 N–H and O–H groups in total. The number of halogens is 1. The lowest BCUT2D eigenvalue weighted by Gasteiger charge is -2.31. The molecule has 132 valence electrons. The molecule has 2 atom stereocenters. The summed E-state index contributed by atoms with van der Waals surface area (Å²) in [5.74, 6) is -0.313. The third kappa shape index (κ3) is 6.29. The van der Waals surface area contributed by atoms with Gasteiger partial charge in [-0.2, -0.15) is 0 Å². The van der Waals surface area contributed by atoms with Gasteiger partial charge < -0.3 is 20.1 Å². The summed E-state index contributed by atoms with van der Waals surface area (Å²) in [4.78, 5) is 12.1. The smallest absolute Gasteiger partial charge is 0.315 e. The zero-order valence-electron chi connectivity index (χ0n) is 14.2. The van der Waals surface area contributed by atoms with Gasteiger partial charge in [0.15, 0.2) is 0 Å². The minimum atomic E-state index is -0.313. The molecule has 1 aromatic rings. The van der Waals surface area contributed by atoms with E-state index in [1.54, 1.807) is 12.1 Å². The highest BCUT2D eigenvalue weighted by atomic mass is 19.1. The molecule has 24 heavy (non-hydrogen) atoms. The first-order valence-electron chi connectivity index (χ1n) is 8.16. The van der Waals surface area contributed by atoms with Gasteiger partial charge in [-0.15, -0.1) is 0 Å². The number of ether oxygens (including phenoxy) is 2. The molecule has 0 saturated carbocycles. The van der Waals surface area contributed by atoms with Crippen LogP contribution >= 0.6 is 0 Å². The van der Waals surface area contributed by atoms with Crippen molar-refractivity contribution in [2.75, 3.05) is 19.8 Å². The van der Waals surface area contributed by atoms with Gasteiger partial charge in [0.1, 0.15) is 11.9 Å². The number of nitrogens with one attached hydrogen (secondary N) is 2. The number of hydrogen-bond acceptors (Lipinski definition) is 3. The van der Waals surface area contributed by atoms with Crippen molar-refractivity contribution in [3.05, 3.63) is 47.3 Å². The SMILES string of the molecule is CC(C)=CCO[C@@H]1COCC[C@H]1NC(=O)NCc1cccc(F)c1. The van der Waals surface area contributed by atoms with Gasteiger partial charge in [0.25, 0.3) is 0 Å². The lowest BCUT2D eigenvalue weighted by Crippen LogP contribution is -2.52. The van der Waals surface area contributed by atoms with Crippen LogP contribution in [0.2, 0.25) is 0 Å². The molecule has 1 fully saturated rings. The van der Waals surface area contributed by atoms with Crippen LogP contribution in [0, 0.1) is 5.82 Å². The highest BCUT2D eigenvalue weighted by Gasteiger charge is 2.27. The Morgan fingerprint density at radius 1 is 1.46 bits per heavy atom. The molecule has 0 aliphatic carbocycles. The summed E-state index contributed by atoms with van der Waals surface area (Å²) >= 11 is 0. The topological polar surface area (TPSA) is 59.6 Å². The van der Waals surface area contributed by atoms with Crippen LogP contribution in [0.1, 0.15) is 25.8 Å². The summed E-state index contributed by atoms with van der Waals surface area (Å²) < 4.78 is 24.4. The summed E-state index contributed by atoms with van der Waals surface area (Å²) in [5.41, 5.74) is 1.90. The Morgan fingerprint density at radius 3 is 3.04 bits per heavy atom. The van der Waals surface area contributed by atoms with Crippen molar-refractivity contribution < 1.29 is 18.7 Å².